The molecule has 1 aromatic rings. The number of phenols is 1. The van der Waals surface area contributed by atoms with Gasteiger partial charge in [-0.1, -0.05) is 19.4 Å². The third-order valence-corrected chi connectivity index (χ3v) is 3.42. The minimum absolute atomic E-state index is 0.380. The van der Waals surface area contributed by atoms with Crippen molar-refractivity contribution < 1.29 is 5.11 Å². The molecule has 2 heteroatoms. The van der Waals surface area contributed by atoms with Crippen LogP contribution in [0.5, 0.6) is 5.75 Å². The lowest BCUT2D eigenvalue weighted by atomic mass is 10.1. The van der Waals surface area contributed by atoms with Crippen molar-refractivity contribution in [1.82, 2.24) is 0 Å². The minimum Gasteiger partial charge on any atom is -0.508 e. The number of hydrogen-bond donors (Lipinski definition) is 2. The Bertz CT molecular complexity index is 348. The summed E-state index contributed by atoms with van der Waals surface area (Å²) in [6.07, 6.45) is 3.88. The number of hydrogen-bond acceptors (Lipinski definition) is 2. The molecule has 2 N–H and O–H groups in total. The summed E-state index contributed by atoms with van der Waals surface area (Å²) in [6, 6.07) is 6.39. The van der Waals surface area contributed by atoms with Gasteiger partial charge in [0, 0.05) is 17.8 Å². The average molecular weight is 205 g/mol. The van der Waals surface area contributed by atoms with Gasteiger partial charge in [-0.15, -0.1) is 0 Å². The molecule has 2 atom stereocenters. The smallest absolute Gasteiger partial charge is 0.120 e. The fraction of sp³-hybridized carbons (Fsp3) is 0.538. The first-order chi connectivity index (χ1) is 7.16. The molecule has 0 heterocycles. The Hall–Kier alpha value is -1.18. The van der Waals surface area contributed by atoms with Crippen LogP contribution >= 0.6 is 0 Å². The summed E-state index contributed by atoms with van der Waals surface area (Å²) >= 11 is 0. The highest BCUT2D eigenvalue weighted by Gasteiger charge is 2.22. The topological polar surface area (TPSA) is 32.3 Å². The monoisotopic (exact) mass is 205 g/mol. The van der Waals surface area contributed by atoms with Crippen LogP contribution in [0.2, 0.25) is 0 Å². The van der Waals surface area contributed by atoms with Gasteiger partial charge in [-0.3, -0.25) is 0 Å². The third-order valence-electron chi connectivity index (χ3n) is 3.42. The van der Waals surface area contributed by atoms with Gasteiger partial charge in [-0.25, -0.2) is 0 Å². The average Bonchev–Trinajstić information content (AvgIpc) is 2.59. The van der Waals surface area contributed by atoms with E-state index in [-0.39, 0.29) is 0 Å². The van der Waals surface area contributed by atoms with Gasteiger partial charge in [-0.2, -0.15) is 0 Å². The van der Waals surface area contributed by atoms with Gasteiger partial charge in [0.1, 0.15) is 5.75 Å². The fourth-order valence-corrected chi connectivity index (χ4v) is 2.27. The zero-order chi connectivity index (χ0) is 10.8. The highest BCUT2D eigenvalue weighted by molar-refractivity contribution is 5.51. The van der Waals surface area contributed by atoms with Gasteiger partial charge < -0.3 is 10.4 Å². The van der Waals surface area contributed by atoms with Crippen LogP contribution in [0.1, 0.15) is 31.7 Å². The number of rotatable bonds is 2. The zero-order valence-corrected chi connectivity index (χ0v) is 9.46. The van der Waals surface area contributed by atoms with Crippen LogP contribution in [0, 0.1) is 12.8 Å². The van der Waals surface area contributed by atoms with Crippen LogP contribution in [-0.2, 0) is 0 Å². The molecule has 0 bridgehead atoms. The van der Waals surface area contributed by atoms with E-state index in [4.69, 9.17) is 0 Å². The highest BCUT2D eigenvalue weighted by Crippen LogP contribution is 2.29. The molecule has 2 nitrogen and oxygen atoms in total. The van der Waals surface area contributed by atoms with E-state index >= 15 is 0 Å². The quantitative estimate of drug-likeness (QED) is 0.776. The van der Waals surface area contributed by atoms with E-state index in [0.717, 1.165) is 17.2 Å². The molecule has 2 unspecified atom stereocenters. The van der Waals surface area contributed by atoms with E-state index in [1.165, 1.54) is 19.3 Å². The number of aromatic hydroxyl groups is 1. The van der Waals surface area contributed by atoms with Crippen molar-refractivity contribution in [2.45, 2.75) is 39.2 Å². The summed E-state index contributed by atoms with van der Waals surface area (Å²) in [5, 5.41) is 13.1. The molecule has 0 aliphatic heterocycles. The van der Waals surface area contributed by atoms with Crippen LogP contribution in [0.15, 0.2) is 18.2 Å². The summed E-state index contributed by atoms with van der Waals surface area (Å²) < 4.78 is 0. The van der Waals surface area contributed by atoms with E-state index in [9.17, 15) is 5.11 Å². The summed E-state index contributed by atoms with van der Waals surface area (Å²) in [7, 11) is 0. The first kappa shape index (κ1) is 10.3. The molecule has 1 aliphatic rings. The van der Waals surface area contributed by atoms with Gasteiger partial charge in [0.05, 0.1) is 0 Å². The van der Waals surface area contributed by atoms with Crippen LogP contribution < -0.4 is 5.32 Å². The maximum absolute atomic E-state index is 9.60. The van der Waals surface area contributed by atoms with Crippen molar-refractivity contribution in [2.24, 2.45) is 5.92 Å². The number of phenolic OH excluding ortho intramolecular Hbond substituents is 1. The molecule has 1 saturated carbocycles. The lowest BCUT2D eigenvalue weighted by Gasteiger charge is -2.19. The molecule has 15 heavy (non-hydrogen) atoms. The first-order valence-corrected chi connectivity index (χ1v) is 5.73. The zero-order valence-electron chi connectivity index (χ0n) is 9.46. The molecule has 1 fully saturated rings. The van der Waals surface area contributed by atoms with Crippen LogP contribution in [-0.4, -0.2) is 11.1 Å². The fourth-order valence-electron chi connectivity index (χ4n) is 2.27. The van der Waals surface area contributed by atoms with Crippen molar-refractivity contribution in [2.75, 3.05) is 5.32 Å². The number of nitrogens with one attached hydrogen (secondary N) is 1. The second-order valence-corrected chi connectivity index (χ2v) is 4.66. The molecular weight excluding hydrogens is 186 g/mol. The Balaban J connectivity index is 2.07. The van der Waals surface area contributed by atoms with Crippen LogP contribution in [0.4, 0.5) is 5.69 Å². The summed E-state index contributed by atoms with van der Waals surface area (Å²) in [4.78, 5) is 0. The van der Waals surface area contributed by atoms with Gasteiger partial charge >= 0.3 is 0 Å². The Kier molecular flexibility index (Phi) is 2.85. The molecule has 1 aliphatic carbocycles. The van der Waals surface area contributed by atoms with Crippen molar-refractivity contribution in [1.29, 1.82) is 0 Å². The molecule has 82 valence electrons. The van der Waals surface area contributed by atoms with Gasteiger partial charge in [0.15, 0.2) is 0 Å². The van der Waals surface area contributed by atoms with E-state index in [2.05, 4.69) is 12.2 Å². The normalized spacial score (nSPS) is 25.5. The predicted octanol–water partition coefficient (Wildman–Crippen LogP) is 3.30. The molecule has 0 radical (unpaired) electrons. The van der Waals surface area contributed by atoms with Crippen LogP contribution in [0.25, 0.3) is 0 Å². The largest absolute Gasteiger partial charge is 0.508 e. The summed E-state index contributed by atoms with van der Waals surface area (Å²) in [5.41, 5.74) is 1.97. The Morgan fingerprint density at radius 1 is 1.33 bits per heavy atom. The molecule has 0 saturated heterocycles. The van der Waals surface area contributed by atoms with Crippen molar-refractivity contribution in [3.63, 3.8) is 0 Å². The lowest BCUT2D eigenvalue weighted by Crippen LogP contribution is -2.21. The standard InChI is InChI=1S/C13H19NO/c1-9-4-3-5-12(9)14-11-7-6-10(2)13(15)8-11/h6-9,12,14-15H,3-5H2,1-2H3. The maximum atomic E-state index is 9.60. The van der Waals surface area contributed by atoms with E-state index in [0.29, 0.717) is 11.8 Å². The predicted molar refractivity (Wildman–Crippen MR) is 63.3 cm³/mol. The Labute approximate surface area is 91.3 Å². The molecule has 0 amide bonds. The van der Waals surface area contributed by atoms with Crippen molar-refractivity contribution in [3.05, 3.63) is 23.8 Å². The van der Waals surface area contributed by atoms with Crippen molar-refractivity contribution in [3.8, 4) is 5.75 Å². The molecular formula is C13H19NO. The van der Waals surface area contributed by atoms with Gasteiger partial charge in [0.25, 0.3) is 0 Å². The molecule has 2 rings (SSSR count). The first-order valence-electron chi connectivity index (χ1n) is 5.73. The second-order valence-electron chi connectivity index (χ2n) is 4.66. The van der Waals surface area contributed by atoms with Crippen molar-refractivity contribution >= 4 is 5.69 Å². The van der Waals surface area contributed by atoms with E-state index in [1.807, 2.05) is 25.1 Å². The molecule has 1 aromatic carbocycles. The number of aryl methyl sites for hydroxylation is 1. The Morgan fingerprint density at radius 2 is 2.13 bits per heavy atom. The number of benzene rings is 1. The highest BCUT2D eigenvalue weighted by atomic mass is 16.3. The van der Waals surface area contributed by atoms with E-state index < -0.39 is 0 Å². The summed E-state index contributed by atoms with van der Waals surface area (Å²) in [5.74, 6) is 1.12. The second kappa shape index (κ2) is 4.13. The lowest BCUT2D eigenvalue weighted by molar-refractivity contribution is 0.471. The SMILES string of the molecule is Cc1ccc(NC2CCCC2C)cc1O. The van der Waals surface area contributed by atoms with Gasteiger partial charge in [0.2, 0.25) is 0 Å². The number of anilines is 1. The maximum Gasteiger partial charge on any atom is 0.120 e. The van der Waals surface area contributed by atoms with Crippen LogP contribution in [0.3, 0.4) is 0 Å². The molecule has 0 spiro atoms. The third kappa shape index (κ3) is 2.25. The van der Waals surface area contributed by atoms with Gasteiger partial charge in [-0.05, 0) is 37.3 Å². The molecule has 0 aromatic heterocycles. The Morgan fingerprint density at radius 3 is 2.73 bits per heavy atom. The summed E-state index contributed by atoms with van der Waals surface area (Å²) in [6.45, 7) is 4.20. The van der Waals surface area contributed by atoms with E-state index in [1.54, 1.807) is 0 Å². The minimum atomic E-state index is 0.380.